The number of carboxylic acid groups (broad SMARTS) is 3. The van der Waals surface area contributed by atoms with Crippen LogP contribution in [-0.4, -0.2) is 33.2 Å². The number of carboxylic acids is 3. The average Bonchev–Trinajstić information content (AvgIpc) is 2.46. The lowest BCUT2D eigenvalue weighted by molar-refractivity contribution is 0.0682. The number of carbonyl (C=O) groups is 3. The Hall–Kier alpha value is -3.22. The first-order chi connectivity index (χ1) is 10.3. The van der Waals surface area contributed by atoms with Crippen molar-refractivity contribution in [2.24, 2.45) is 0 Å². The standard InChI is InChI=1S/C15H9FO6/c16-12-2-1-7(13(17)18)6-11(12)8-3-9(14(19)20)5-10(4-8)15(21)22/h1-6H,(H,17,18)(H,19,20)(H,21,22). The number of hydrogen-bond donors (Lipinski definition) is 3. The van der Waals surface area contributed by atoms with Gasteiger partial charge in [0, 0.05) is 5.56 Å². The molecule has 2 aromatic carbocycles. The summed E-state index contributed by atoms with van der Waals surface area (Å²) in [4.78, 5) is 33.0. The zero-order chi connectivity index (χ0) is 16.4. The molecule has 0 amide bonds. The van der Waals surface area contributed by atoms with Gasteiger partial charge >= 0.3 is 17.9 Å². The number of hydrogen-bond acceptors (Lipinski definition) is 3. The summed E-state index contributed by atoms with van der Waals surface area (Å²) in [5, 5.41) is 26.9. The number of aromatic carboxylic acids is 3. The van der Waals surface area contributed by atoms with Crippen LogP contribution >= 0.6 is 0 Å². The second kappa shape index (κ2) is 5.65. The Bertz CT molecular complexity index is 764. The molecule has 2 rings (SSSR count). The summed E-state index contributed by atoms with van der Waals surface area (Å²) < 4.78 is 13.9. The van der Waals surface area contributed by atoms with Crippen molar-refractivity contribution in [1.82, 2.24) is 0 Å². The van der Waals surface area contributed by atoms with Crippen LogP contribution in [0.15, 0.2) is 36.4 Å². The Kier molecular flexibility index (Phi) is 3.89. The monoisotopic (exact) mass is 304 g/mol. The van der Waals surface area contributed by atoms with E-state index in [0.29, 0.717) is 0 Å². The first-order valence-electron chi connectivity index (χ1n) is 5.94. The molecular formula is C15H9FO6. The molecule has 3 N–H and O–H groups in total. The fraction of sp³-hybridized carbons (Fsp3) is 0. The molecule has 0 aromatic heterocycles. The highest BCUT2D eigenvalue weighted by atomic mass is 19.1. The van der Waals surface area contributed by atoms with Gasteiger partial charge in [-0.05, 0) is 42.0 Å². The van der Waals surface area contributed by atoms with Crippen molar-refractivity contribution in [3.05, 3.63) is 58.9 Å². The zero-order valence-electron chi connectivity index (χ0n) is 10.9. The summed E-state index contributed by atoms with van der Waals surface area (Å²) in [5.41, 5.74) is -1.09. The van der Waals surface area contributed by atoms with Gasteiger partial charge < -0.3 is 15.3 Å². The van der Waals surface area contributed by atoms with Crippen LogP contribution in [-0.2, 0) is 0 Å². The highest BCUT2D eigenvalue weighted by molar-refractivity contribution is 5.96. The molecule has 7 heteroatoms. The summed E-state index contributed by atoms with van der Waals surface area (Å²) >= 11 is 0. The molecule has 0 heterocycles. The van der Waals surface area contributed by atoms with E-state index in [9.17, 15) is 18.8 Å². The molecule has 0 fully saturated rings. The summed E-state index contributed by atoms with van der Waals surface area (Å²) in [6.45, 7) is 0. The third-order valence-electron chi connectivity index (χ3n) is 2.95. The van der Waals surface area contributed by atoms with E-state index >= 15 is 0 Å². The van der Waals surface area contributed by atoms with E-state index in [1.54, 1.807) is 0 Å². The Labute approximate surface area is 123 Å². The Morgan fingerprint density at radius 2 is 1.23 bits per heavy atom. The highest BCUT2D eigenvalue weighted by Gasteiger charge is 2.16. The normalized spacial score (nSPS) is 10.2. The van der Waals surface area contributed by atoms with Crippen LogP contribution in [0, 0.1) is 5.82 Å². The van der Waals surface area contributed by atoms with Gasteiger partial charge in [0.15, 0.2) is 0 Å². The molecule has 0 aliphatic rings. The lowest BCUT2D eigenvalue weighted by atomic mass is 9.97. The molecule has 2 aromatic rings. The fourth-order valence-corrected chi connectivity index (χ4v) is 1.91. The maximum atomic E-state index is 13.9. The second-order valence-corrected chi connectivity index (χ2v) is 4.41. The van der Waals surface area contributed by atoms with E-state index < -0.39 is 23.7 Å². The highest BCUT2D eigenvalue weighted by Crippen LogP contribution is 2.26. The van der Waals surface area contributed by atoms with E-state index in [4.69, 9.17) is 15.3 Å². The van der Waals surface area contributed by atoms with Gasteiger partial charge in [0.05, 0.1) is 16.7 Å². The van der Waals surface area contributed by atoms with Crippen LogP contribution in [0.2, 0.25) is 0 Å². The third-order valence-corrected chi connectivity index (χ3v) is 2.95. The van der Waals surface area contributed by atoms with Crippen molar-refractivity contribution in [1.29, 1.82) is 0 Å². The SMILES string of the molecule is O=C(O)c1cc(C(=O)O)cc(-c2cc(C(=O)O)ccc2F)c1. The first kappa shape index (κ1) is 15.2. The van der Waals surface area contributed by atoms with Crippen LogP contribution in [0.5, 0.6) is 0 Å². The summed E-state index contributed by atoms with van der Waals surface area (Å²) in [6.07, 6.45) is 0. The molecule has 0 saturated carbocycles. The van der Waals surface area contributed by atoms with E-state index in [2.05, 4.69) is 0 Å². The molecule has 0 saturated heterocycles. The van der Waals surface area contributed by atoms with Crippen molar-refractivity contribution in [3.8, 4) is 11.1 Å². The minimum Gasteiger partial charge on any atom is -0.478 e. The number of rotatable bonds is 4. The average molecular weight is 304 g/mol. The lowest BCUT2D eigenvalue weighted by Crippen LogP contribution is -2.04. The van der Waals surface area contributed by atoms with Crippen LogP contribution in [0.1, 0.15) is 31.1 Å². The Balaban J connectivity index is 2.71. The summed E-state index contributed by atoms with van der Waals surface area (Å²) in [5.74, 6) is -4.82. The van der Waals surface area contributed by atoms with Crippen LogP contribution in [0.25, 0.3) is 11.1 Å². The molecule has 0 aliphatic carbocycles. The molecule has 0 aliphatic heterocycles. The molecule has 0 spiro atoms. The van der Waals surface area contributed by atoms with Crippen molar-refractivity contribution < 1.29 is 34.1 Å². The largest absolute Gasteiger partial charge is 0.478 e. The topological polar surface area (TPSA) is 112 Å². The van der Waals surface area contributed by atoms with Gasteiger partial charge in [-0.2, -0.15) is 0 Å². The fourth-order valence-electron chi connectivity index (χ4n) is 1.91. The second-order valence-electron chi connectivity index (χ2n) is 4.41. The van der Waals surface area contributed by atoms with E-state index in [0.717, 1.165) is 36.4 Å². The van der Waals surface area contributed by atoms with E-state index in [-0.39, 0.29) is 27.8 Å². The van der Waals surface area contributed by atoms with Gasteiger partial charge in [-0.1, -0.05) is 0 Å². The van der Waals surface area contributed by atoms with Gasteiger partial charge in [-0.15, -0.1) is 0 Å². The van der Waals surface area contributed by atoms with Gasteiger partial charge in [0.2, 0.25) is 0 Å². The van der Waals surface area contributed by atoms with Crippen LogP contribution in [0.4, 0.5) is 4.39 Å². The smallest absolute Gasteiger partial charge is 0.335 e. The van der Waals surface area contributed by atoms with E-state index in [1.165, 1.54) is 0 Å². The third kappa shape index (κ3) is 2.93. The molecule has 0 radical (unpaired) electrons. The van der Waals surface area contributed by atoms with Gasteiger partial charge in [-0.3, -0.25) is 0 Å². The van der Waals surface area contributed by atoms with Crippen LogP contribution in [0.3, 0.4) is 0 Å². The molecular weight excluding hydrogens is 295 g/mol. The maximum Gasteiger partial charge on any atom is 0.335 e. The Morgan fingerprint density at radius 3 is 1.68 bits per heavy atom. The summed E-state index contributed by atoms with van der Waals surface area (Å²) in [7, 11) is 0. The van der Waals surface area contributed by atoms with Gasteiger partial charge in [0.1, 0.15) is 5.82 Å². The predicted molar refractivity (Wildman–Crippen MR) is 72.7 cm³/mol. The molecule has 22 heavy (non-hydrogen) atoms. The first-order valence-corrected chi connectivity index (χ1v) is 5.94. The molecule has 0 atom stereocenters. The number of benzene rings is 2. The minimum absolute atomic E-state index is 0.0297. The van der Waals surface area contributed by atoms with Crippen molar-refractivity contribution >= 4 is 17.9 Å². The van der Waals surface area contributed by atoms with Crippen molar-refractivity contribution in [2.75, 3.05) is 0 Å². The number of halogens is 1. The van der Waals surface area contributed by atoms with E-state index in [1.807, 2.05) is 0 Å². The van der Waals surface area contributed by atoms with Gasteiger partial charge in [0.25, 0.3) is 0 Å². The molecule has 0 unspecified atom stereocenters. The maximum absolute atomic E-state index is 13.9. The summed E-state index contributed by atoms with van der Waals surface area (Å²) in [6, 6.07) is 6.10. The van der Waals surface area contributed by atoms with Crippen molar-refractivity contribution in [2.45, 2.75) is 0 Å². The van der Waals surface area contributed by atoms with Gasteiger partial charge in [-0.25, -0.2) is 18.8 Å². The quantitative estimate of drug-likeness (QED) is 0.800. The molecule has 112 valence electrons. The van der Waals surface area contributed by atoms with Crippen molar-refractivity contribution in [3.63, 3.8) is 0 Å². The predicted octanol–water partition coefficient (Wildman–Crippen LogP) is 2.59. The lowest BCUT2D eigenvalue weighted by Gasteiger charge is -2.08. The molecule has 0 bridgehead atoms. The zero-order valence-corrected chi connectivity index (χ0v) is 10.9. The Morgan fingerprint density at radius 1 is 0.727 bits per heavy atom. The minimum atomic E-state index is -1.38. The van der Waals surface area contributed by atoms with Crippen LogP contribution < -0.4 is 0 Å². The molecule has 6 nitrogen and oxygen atoms in total.